The van der Waals surface area contributed by atoms with Crippen molar-refractivity contribution in [1.82, 2.24) is 0 Å². The number of morpholine rings is 1. The van der Waals surface area contributed by atoms with Gasteiger partial charge < -0.3 is 19.9 Å². The number of anilines is 3. The van der Waals surface area contributed by atoms with Crippen LogP contribution < -0.4 is 15.1 Å². The van der Waals surface area contributed by atoms with Crippen molar-refractivity contribution in [3.8, 4) is 0 Å². The van der Waals surface area contributed by atoms with Crippen molar-refractivity contribution >= 4 is 28.9 Å². The predicted octanol–water partition coefficient (Wildman–Crippen LogP) is 2.79. The van der Waals surface area contributed by atoms with Gasteiger partial charge in [-0.15, -0.1) is 0 Å². The van der Waals surface area contributed by atoms with Crippen LogP contribution in [0.3, 0.4) is 0 Å². The smallest absolute Gasteiger partial charge is 0.244 e. The van der Waals surface area contributed by atoms with Crippen molar-refractivity contribution < 1.29 is 23.1 Å². The largest absolute Gasteiger partial charge is 0.378 e. The zero-order chi connectivity index (χ0) is 20.1. The third kappa shape index (κ3) is 4.64. The number of carbonyl (C=O) groups excluding carboxylic acids is 2. The number of halogens is 2. The van der Waals surface area contributed by atoms with Gasteiger partial charge in [0.25, 0.3) is 0 Å². The van der Waals surface area contributed by atoms with E-state index in [0.717, 1.165) is 17.8 Å². The molecule has 1 heterocycles. The Morgan fingerprint density at radius 3 is 2.50 bits per heavy atom. The second-order valence-electron chi connectivity index (χ2n) is 6.37. The van der Waals surface area contributed by atoms with E-state index in [4.69, 9.17) is 4.74 Å². The van der Waals surface area contributed by atoms with Crippen LogP contribution in [0.1, 0.15) is 6.92 Å². The van der Waals surface area contributed by atoms with E-state index in [1.807, 2.05) is 12.1 Å². The zero-order valence-electron chi connectivity index (χ0n) is 15.5. The van der Waals surface area contributed by atoms with E-state index in [9.17, 15) is 18.4 Å². The maximum absolute atomic E-state index is 13.3. The Morgan fingerprint density at radius 1 is 1.11 bits per heavy atom. The molecule has 1 aliphatic rings. The first-order valence-electron chi connectivity index (χ1n) is 8.90. The molecule has 0 bridgehead atoms. The number of benzene rings is 2. The minimum absolute atomic E-state index is 0.119. The molecule has 2 amide bonds. The highest BCUT2D eigenvalue weighted by Crippen LogP contribution is 2.30. The van der Waals surface area contributed by atoms with Gasteiger partial charge in [-0.25, -0.2) is 8.78 Å². The number of hydrogen-bond acceptors (Lipinski definition) is 4. The Hall–Kier alpha value is -3.00. The van der Waals surface area contributed by atoms with Gasteiger partial charge >= 0.3 is 0 Å². The molecule has 2 aromatic rings. The van der Waals surface area contributed by atoms with E-state index in [1.165, 1.54) is 17.9 Å². The highest BCUT2D eigenvalue weighted by atomic mass is 19.2. The van der Waals surface area contributed by atoms with Gasteiger partial charge in [0.1, 0.15) is 6.54 Å². The molecule has 6 nitrogen and oxygen atoms in total. The molecule has 8 heteroatoms. The van der Waals surface area contributed by atoms with Gasteiger partial charge in [0.15, 0.2) is 11.6 Å². The van der Waals surface area contributed by atoms with Crippen LogP contribution in [0.5, 0.6) is 0 Å². The van der Waals surface area contributed by atoms with Crippen molar-refractivity contribution in [2.24, 2.45) is 0 Å². The van der Waals surface area contributed by atoms with E-state index in [-0.39, 0.29) is 18.1 Å². The number of amides is 2. The Balaban J connectivity index is 1.79. The molecule has 0 radical (unpaired) electrons. The number of rotatable bonds is 5. The molecular weight excluding hydrogens is 368 g/mol. The average molecular weight is 389 g/mol. The molecule has 1 saturated heterocycles. The third-order valence-corrected chi connectivity index (χ3v) is 4.41. The standard InChI is InChI=1S/C20H21F2N3O3/c1-14(26)25(13-20(27)23-15-6-7-16(21)17(22)12-15)19-5-3-2-4-18(19)24-8-10-28-11-9-24/h2-7,12H,8-11,13H2,1H3,(H,23,27). The average Bonchev–Trinajstić information content (AvgIpc) is 2.69. The van der Waals surface area contributed by atoms with Gasteiger partial charge in [0.05, 0.1) is 24.6 Å². The summed E-state index contributed by atoms with van der Waals surface area (Å²) in [5, 5.41) is 2.49. The summed E-state index contributed by atoms with van der Waals surface area (Å²) < 4.78 is 31.8. The first-order chi connectivity index (χ1) is 13.5. The van der Waals surface area contributed by atoms with Crippen LogP contribution in [0.4, 0.5) is 25.8 Å². The Morgan fingerprint density at radius 2 is 1.82 bits per heavy atom. The van der Waals surface area contributed by atoms with Gasteiger partial charge in [-0.05, 0) is 24.3 Å². The summed E-state index contributed by atoms with van der Waals surface area (Å²) in [4.78, 5) is 28.1. The van der Waals surface area contributed by atoms with Crippen LogP contribution in [0, 0.1) is 11.6 Å². The summed E-state index contributed by atoms with van der Waals surface area (Å²) >= 11 is 0. The number of hydrogen-bond donors (Lipinski definition) is 1. The molecule has 1 aliphatic heterocycles. The van der Waals surface area contributed by atoms with E-state index in [1.54, 1.807) is 12.1 Å². The second kappa shape index (κ2) is 8.79. The first-order valence-corrected chi connectivity index (χ1v) is 8.90. The van der Waals surface area contributed by atoms with Crippen LogP contribution in [0.25, 0.3) is 0 Å². The molecule has 0 saturated carbocycles. The number of nitrogens with zero attached hydrogens (tertiary/aromatic N) is 2. The molecule has 3 rings (SSSR count). The van der Waals surface area contributed by atoms with Crippen molar-refractivity contribution in [3.63, 3.8) is 0 Å². The molecule has 0 spiro atoms. The van der Waals surface area contributed by atoms with Gasteiger partial charge in [-0.2, -0.15) is 0 Å². The Labute approximate surface area is 161 Å². The predicted molar refractivity (Wildman–Crippen MR) is 102 cm³/mol. The fourth-order valence-corrected chi connectivity index (χ4v) is 3.05. The quantitative estimate of drug-likeness (QED) is 0.854. The van der Waals surface area contributed by atoms with Crippen LogP contribution in [-0.4, -0.2) is 44.7 Å². The fraction of sp³-hybridized carbons (Fsp3) is 0.300. The molecule has 1 N–H and O–H groups in total. The van der Waals surface area contributed by atoms with Crippen molar-refractivity contribution in [2.75, 3.05) is 48.0 Å². The molecule has 0 aromatic heterocycles. The molecule has 0 aliphatic carbocycles. The molecule has 1 fully saturated rings. The minimum Gasteiger partial charge on any atom is -0.378 e. The second-order valence-corrected chi connectivity index (χ2v) is 6.37. The molecular formula is C20H21F2N3O3. The summed E-state index contributed by atoms with van der Waals surface area (Å²) in [6.45, 7) is 3.67. The lowest BCUT2D eigenvalue weighted by Crippen LogP contribution is -2.40. The maximum atomic E-state index is 13.3. The molecule has 148 valence electrons. The first kappa shape index (κ1) is 19.8. The zero-order valence-corrected chi connectivity index (χ0v) is 15.5. The van der Waals surface area contributed by atoms with Crippen molar-refractivity contribution in [1.29, 1.82) is 0 Å². The molecule has 0 atom stereocenters. The monoisotopic (exact) mass is 389 g/mol. The number of ether oxygens (including phenoxy) is 1. The third-order valence-electron chi connectivity index (χ3n) is 4.41. The molecule has 2 aromatic carbocycles. The summed E-state index contributed by atoms with van der Waals surface area (Å²) in [6, 6.07) is 10.4. The van der Waals surface area contributed by atoms with Crippen LogP contribution >= 0.6 is 0 Å². The summed E-state index contributed by atoms with van der Waals surface area (Å²) in [7, 11) is 0. The number of nitrogens with one attached hydrogen (secondary N) is 1. The topological polar surface area (TPSA) is 61.9 Å². The Kier molecular flexibility index (Phi) is 6.20. The Bertz CT molecular complexity index is 870. The van der Waals surface area contributed by atoms with Gasteiger partial charge in [-0.1, -0.05) is 12.1 Å². The van der Waals surface area contributed by atoms with E-state index in [0.29, 0.717) is 32.0 Å². The van der Waals surface area contributed by atoms with Crippen molar-refractivity contribution in [2.45, 2.75) is 6.92 Å². The van der Waals surface area contributed by atoms with Gasteiger partial charge in [0, 0.05) is 31.8 Å². The lowest BCUT2D eigenvalue weighted by atomic mass is 10.2. The highest BCUT2D eigenvalue weighted by Gasteiger charge is 2.22. The lowest BCUT2D eigenvalue weighted by Gasteiger charge is -2.33. The van der Waals surface area contributed by atoms with Gasteiger partial charge in [-0.3, -0.25) is 9.59 Å². The maximum Gasteiger partial charge on any atom is 0.244 e. The van der Waals surface area contributed by atoms with Crippen LogP contribution in [-0.2, 0) is 14.3 Å². The van der Waals surface area contributed by atoms with Gasteiger partial charge in [0.2, 0.25) is 11.8 Å². The summed E-state index contributed by atoms with van der Waals surface area (Å²) in [5.74, 6) is -2.87. The van der Waals surface area contributed by atoms with Crippen LogP contribution in [0.15, 0.2) is 42.5 Å². The SMILES string of the molecule is CC(=O)N(CC(=O)Nc1ccc(F)c(F)c1)c1ccccc1N1CCOCC1. The summed E-state index contributed by atoms with van der Waals surface area (Å²) in [6.07, 6.45) is 0. The van der Waals surface area contributed by atoms with E-state index < -0.39 is 17.5 Å². The van der Waals surface area contributed by atoms with Crippen LogP contribution in [0.2, 0.25) is 0 Å². The molecule has 0 unspecified atom stereocenters. The van der Waals surface area contributed by atoms with E-state index >= 15 is 0 Å². The normalized spacial score (nSPS) is 13.9. The molecule has 28 heavy (non-hydrogen) atoms. The van der Waals surface area contributed by atoms with E-state index in [2.05, 4.69) is 10.2 Å². The minimum atomic E-state index is -1.06. The highest BCUT2D eigenvalue weighted by molar-refractivity contribution is 6.03. The number of para-hydroxylation sites is 2. The summed E-state index contributed by atoms with van der Waals surface area (Å²) in [5.41, 5.74) is 1.56. The fourth-order valence-electron chi connectivity index (χ4n) is 3.05. The number of carbonyl (C=O) groups is 2. The van der Waals surface area contributed by atoms with Crippen molar-refractivity contribution in [3.05, 3.63) is 54.1 Å². The lowest BCUT2D eigenvalue weighted by molar-refractivity contribution is -0.120.